The predicted molar refractivity (Wildman–Crippen MR) is 77.1 cm³/mol. The van der Waals surface area contributed by atoms with Gasteiger partial charge < -0.3 is 15.0 Å². The van der Waals surface area contributed by atoms with E-state index < -0.39 is 0 Å². The van der Waals surface area contributed by atoms with Gasteiger partial charge in [0.2, 0.25) is 0 Å². The maximum absolute atomic E-state index is 5.22. The average Bonchev–Trinajstić information content (AvgIpc) is 2.67. The summed E-state index contributed by atoms with van der Waals surface area (Å²) in [6.07, 6.45) is 1.01. The number of thiazole rings is 1. The van der Waals surface area contributed by atoms with Crippen molar-refractivity contribution in [3.63, 3.8) is 0 Å². The molecule has 0 bridgehead atoms. The van der Waals surface area contributed by atoms with Crippen molar-refractivity contribution in [1.29, 1.82) is 0 Å². The van der Waals surface area contributed by atoms with Gasteiger partial charge in [-0.1, -0.05) is 13.8 Å². The average molecular weight is 271 g/mol. The minimum Gasteiger partial charge on any atom is -0.378 e. The van der Waals surface area contributed by atoms with E-state index in [-0.39, 0.29) is 0 Å². The van der Waals surface area contributed by atoms with Crippen LogP contribution in [0.25, 0.3) is 0 Å². The van der Waals surface area contributed by atoms with Gasteiger partial charge in [-0.3, -0.25) is 0 Å². The fourth-order valence-electron chi connectivity index (χ4n) is 1.55. The van der Waals surface area contributed by atoms with Gasteiger partial charge in [-0.2, -0.15) is 0 Å². The molecular weight excluding hydrogens is 246 g/mol. The Balaban J connectivity index is 2.66. The van der Waals surface area contributed by atoms with Crippen LogP contribution in [0.1, 0.15) is 29.4 Å². The highest BCUT2D eigenvalue weighted by molar-refractivity contribution is 7.11. The zero-order valence-corrected chi connectivity index (χ0v) is 12.9. The van der Waals surface area contributed by atoms with E-state index in [1.807, 2.05) is 0 Å². The Kier molecular flexibility index (Phi) is 6.78. The van der Waals surface area contributed by atoms with Crippen molar-refractivity contribution in [1.82, 2.24) is 15.2 Å². The van der Waals surface area contributed by atoms with Crippen molar-refractivity contribution in [2.45, 2.75) is 39.5 Å². The van der Waals surface area contributed by atoms with E-state index in [4.69, 9.17) is 4.74 Å². The molecule has 1 aromatic rings. The molecular formula is C13H25N3OS. The van der Waals surface area contributed by atoms with Crippen molar-refractivity contribution in [2.75, 3.05) is 27.7 Å². The van der Waals surface area contributed by atoms with Crippen LogP contribution in [0.5, 0.6) is 0 Å². The van der Waals surface area contributed by atoms with E-state index in [2.05, 4.69) is 43.1 Å². The van der Waals surface area contributed by atoms with Crippen LogP contribution in [-0.4, -0.2) is 43.7 Å². The minimum absolute atomic E-state index is 0.493. The van der Waals surface area contributed by atoms with E-state index in [1.165, 1.54) is 9.88 Å². The molecule has 0 atom stereocenters. The third kappa shape index (κ3) is 5.44. The van der Waals surface area contributed by atoms with Gasteiger partial charge in [0, 0.05) is 37.5 Å². The van der Waals surface area contributed by atoms with Gasteiger partial charge in [0.15, 0.2) is 0 Å². The second-order valence-electron chi connectivity index (χ2n) is 5.00. The van der Waals surface area contributed by atoms with Gasteiger partial charge in [-0.15, -0.1) is 11.3 Å². The third-order valence-electron chi connectivity index (χ3n) is 2.55. The molecule has 1 N–H and O–H groups in total. The van der Waals surface area contributed by atoms with E-state index >= 15 is 0 Å². The number of nitrogens with zero attached hydrogens (tertiary/aromatic N) is 2. The van der Waals surface area contributed by atoms with Crippen LogP contribution in [0.3, 0.4) is 0 Å². The lowest BCUT2D eigenvalue weighted by molar-refractivity contribution is 0.181. The second-order valence-corrected chi connectivity index (χ2v) is 6.17. The van der Waals surface area contributed by atoms with Crippen LogP contribution in [0, 0.1) is 0 Å². The summed E-state index contributed by atoms with van der Waals surface area (Å²) in [6, 6.07) is 0.493. The molecule has 0 saturated carbocycles. The summed E-state index contributed by atoms with van der Waals surface area (Å²) in [7, 11) is 5.90. The van der Waals surface area contributed by atoms with Crippen LogP contribution >= 0.6 is 11.3 Å². The maximum Gasteiger partial charge on any atom is 0.0945 e. The molecule has 0 amide bonds. The molecule has 0 unspecified atom stereocenters. The number of likely N-dealkylation sites (N-methyl/N-ethyl adjacent to an activating group) is 1. The smallest absolute Gasteiger partial charge is 0.0945 e. The summed E-state index contributed by atoms with van der Waals surface area (Å²) in [4.78, 5) is 8.17. The molecule has 0 aliphatic rings. The molecule has 0 spiro atoms. The topological polar surface area (TPSA) is 37.4 Å². The lowest BCUT2D eigenvalue weighted by atomic mass is 10.3. The quantitative estimate of drug-likeness (QED) is 0.783. The van der Waals surface area contributed by atoms with Crippen molar-refractivity contribution in [3.8, 4) is 0 Å². The van der Waals surface area contributed by atoms with Crippen molar-refractivity contribution >= 4 is 11.3 Å². The van der Waals surface area contributed by atoms with E-state index in [0.29, 0.717) is 12.6 Å². The number of aromatic nitrogens is 1. The van der Waals surface area contributed by atoms with Gasteiger partial charge in [-0.05, 0) is 14.1 Å². The molecule has 0 fully saturated rings. The van der Waals surface area contributed by atoms with E-state index in [9.17, 15) is 0 Å². The third-order valence-corrected chi connectivity index (χ3v) is 3.70. The van der Waals surface area contributed by atoms with Crippen LogP contribution in [0.15, 0.2) is 0 Å². The van der Waals surface area contributed by atoms with Crippen LogP contribution < -0.4 is 5.32 Å². The zero-order chi connectivity index (χ0) is 13.5. The van der Waals surface area contributed by atoms with Gasteiger partial charge >= 0.3 is 0 Å². The maximum atomic E-state index is 5.22. The first-order valence-corrected chi connectivity index (χ1v) is 7.19. The number of rotatable bonds is 8. The fraction of sp³-hybridized carbons (Fsp3) is 0.769. The number of hydrogen-bond acceptors (Lipinski definition) is 5. The Labute approximate surface area is 114 Å². The van der Waals surface area contributed by atoms with Gasteiger partial charge in [0.05, 0.1) is 17.3 Å². The molecule has 1 rings (SSSR count). The molecule has 4 nitrogen and oxygen atoms in total. The van der Waals surface area contributed by atoms with Gasteiger partial charge in [0.1, 0.15) is 0 Å². The Morgan fingerprint density at radius 3 is 2.67 bits per heavy atom. The molecule has 0 aliphatic heterocycles. The highest BCUT2D eigenvalue weighted by atomic mass is 32.1. The number of ether oxygens (including phenoxy) is 1. The molecule has 5 heteroatoms. The first kappa shape index (κ1) is 15.6. The van der Waals surface area contributed by atoms with Crippen molar-refractivity contribution < 1.29 is 4.74 Å². The van der Waals surface area contributed by atoms with E-state index in [1.54, 1.807) is 18.4 Å². The highest BCUT2D eigenvalue weighted by Crippen LogP contribution is 2.20. The molecule has 18 heavy (non-hydrogen) atoms. The Morgan fingerprint density at radius 1 is 1.39 bits per heavy atom. The van der Waals surface area contributed by atoms with Crippen molar-refractivity contribution in [3.05, 3.63) is 15.6 Å². The zero-order valence-electron chi connectivity index (χ0n) is 12.1. The Hall–Kier alpha value is -0.490. The Morgan fingerprint density at radius 2 is 2.11 bits per heavy atom. The summed E-state index contributed by atoms with van der Waals surface area (Å²) in [5, 5.41) is 4.65. The summed E-state index contributed by atoms with van der Waals surface area (Å²) in [5.74, 6) is 0. The summed E-state index contributed by atoms with van der Waals surface area (Å²) < 4.78 is 5.22. The molecule has 0 aliphatic carbocycles. The fourth-order valence-corrected chi connectivity index (χ4v) is 2.56. The van der Waals surface area contributed by atoms with Crippen LogP contribution in [-0.2, 0) is 24.3 Å². The number of hydrogen-bond donors (Lipinski definition) is 1. The molecule has 104 valence electrons. The molecule has 1 heterocycles. The number of methoxy groups -OCH3 is 1. The van der Waals surface area contributed by atoms with Gasteiger partial charge in [-0.25, -0.2) is 4.98 Å². The van der Waals surface area contributed by atoms with Crippen LogP contribution in [0.4, 0.5) is 0 Å². The monoisotopic (exact) mass is 271 g/mol. The van der Waals surface area contributed by atoms with Crippen LogP contribution in [0.2, 0.25) is 0 Å². The predicted octanol–water partition coefficient (Wildman–Crippen LogP) is 1.89. The minimum atomic E-state index is 0.493. The molecule has 1 aromatic heterocycles. The molecule has 0 aromatic carbocycles. The first-order chi connectivity index (χ1) is 8.52. The summed E-state index contributed by atoms with van der Waals surface area (Å²) in [5.41, 5.74) is 1.09. The molecule has 0 saturated heterocycles. The van der Waals surface area contributed by atoms with Crippen molar-refractivity contribution in [2.24, 2.45) is 0 Å². The molecule has 0 radical (unpaired) electrons. The van der Waals surface area contributed by atoms with Gasteiger partial charge in [0.25, 0.3) is 0 Å². The second kappa shape index (κ2) is 7.84. The lowest BCUT2D eigenvalue weighted by Crippen LogP contribution is -2.21. The first-order valence-electron chi connectivity index (χ1n) is 6.37. The summed E-state index contributed by atoms with van der Waals surface area (Å²) >= 11 is 1.80. The van der Waals surface area contributed by atoms with E-state index in [0.717, 1.165) is 25.2 Å². The standard InChI is InChI=1S/C13H25N3OS/c1-10(2)14-8-12-11(9-17-5)15-13(18-12)6-7-16(3)4/h10,14H,6-9H2,1-5H3. The number of nitrogens with one attached hydrogen (secondary N) is 1. The lowest BCUT2D eigenvalue weighted by Gasteiger charge is -2.07. The Bertz CT molecular complexity index is 350. The SMILES string of the molecule is COCc1nc(CCN(C)C)sc1CNC(C)C. The highest BCUT2D eigenvalue weighted by Gasteiger charge is 2.11. The normalized spacial score (nSPS) is 11.7. The largest absolute Gasteiger partial charge is 0.378 e. The summed E-state index contributed by atoms with van der Waals surface area (Å²) in [6.45, 7) is 6.84.